The van der Waals surface area contributed by atoms with Crippen LogP contribution in [0.1, 0.15) is 6.92 Å². The van der Waals surface area contributed by atoms with Crippen LogP contribution in [0.4, 0.5) is 21.8 Å². The maximum Gasteiger partial charge on any atom is 0.224 e. The van der Waals surface area contributed by atoms with E-state index < -0.39 is 5.82 Å². The van der Waals surface area contributed by atoms with Crippen LogP contribution in [-0.2, 0) is 0 Å². The number of hydrogen-bond acceptors (Lipinski definition) is 4. The normalized spacial score (nSPS) is 10.3. The van der Waals surface area contributed by atoms with Gasteiger partial charge in [0.15, 0.2) is 5.82 Å². The zero-order valence-electron chi connectivity index (χ0n) is 10.0. The minimum Gasteiger partial charge on any atom is -0.354 e. The van der Waals surface area contributed by atoms with Crippen LogP contribution in [-0.4, -0.2) is 16.5 Å². The van der Waals surface area contributed by atoms with Crippen LogP contribution >= 0.6 is 23.2 Å². The van der Waals surface area contributed by atoms with Gasteiger partial charge in [-0.25, -0.2) is 9.37 Å². The molecule has 0 fully saturated rings. The Balaban J connectivity index is 2.31. The summed E-state index contributed by atoms with van der Waals surface area (Å²) in [6.07, 6.45) is 1.46. The fraction of sp³-hybridized carbons (Fsp3) is 0.167. The Hall–Kier alpha value is -1.59. The molecule has 1 aromatic carbocycles. The van der Waals surface area contributed by atoms with Crippen molar-refractivity contribution < 1.29 is 4.39 Å². The summed E-state index contributed by atoms with van der Waals surface area (Å²) in [5.74, 6) is 0.394. The van der Waals surface area contributed by atoms with Crippen LogP contribution in [0.5, 0.6) is 0 Å². The number of nitrogens with zero attached hydrogens (tertiary/aromatic N) is 2. The van der Waals surface area contributed by atoms with Gasteiger partial charge >= 0.3 is 0 Å². The Morgan fingerprint density at radius 2 is 2.05 bits per heavy atom. The van der Waals surface area contributed by atoms with Gasteiger partial charge in [-0.2, -0.15) is 4.98 Å². The van der Waals surface area contributed by atoms with Crippen LogP contribution in [0.3, 0.4) is 0 Å². The molecule has 0 spiro atoms. The number of anilines is 3. The molecule has 7 heteroatoms. The number of benzene rings is 1. The molecule has 0 aliphatic carbocycles. The molecule has 2 N–H and O–H groups in total. The van der Waals surface area contributed by atoms with Gasteiger partial charge in [-0.05, 0) is 25.1 Å². The van der Waals surface area contributed by atoms with Gasteiger partial charge in [-0.3, -0.25) is 0 Å². The van der Waals surface area contributed by atoms with Gasteiger partial charge in [0.25, 0.3) is 0 Å². The van der Waals surface area contributed by atoms with E-state index in [1.165, 1.54) is 24.4 Å². The molecule has 0 aliphatic heterocycles. The van der Waals surface area contributed by atoms with Crippen molar-refractivity contribution in [2.45, 2.75) is 6.92 Å². The quantitative estimate of drug-likeness (QED) is 0.892. The van der Waals surface area contributed by atoms with Crippen LogP contribution in [0.25, 0.3) is 0 Å². The molecule has 0 bridgehead atoms. The minimum atomic E-state index is -0.399. The third kappa shape index (κ3) is 3.45. The summed E-state index contributed by atoms with van der Waals surface area (Å²) in [5.41, 5.74) is 0.393. The maximum absolute atomic E-state index is 13.2. The average Bonchev–Trinajstić information content (AvgIpc) is 2.38. The Bertz CT molecular complexity index is 592. The van der Waals surface area contributed by atoms with Crippen LogP contribution in [0.15, 0.2) is 24.4 Å². The van der Waals surface area contributed by atoms with E-state index in [1.807, 2.05) is 6.92 Å². The van der Waals surface area contributed by atoms with Crippen molar-refractivity contribution in [2.24, 2.45) is 0 Å². The highest BCUT2D eigenvalue weighted by atomic mass is 35.5. The second-order valence-corrected chi connectivity index (χ2v) is 4.48. The first kappa shape index (κ1) is 13.8. The monoisotopic (exact) mass is 300 g/mol. The van der Waals surface area contributed by atoms with Gasteiger partial charge in [0.1, 0.15) is 10.8 Å². The van der Waals surface area contributed by atoms with Crippen LogP contribution in [0.2, 0.25) is 10.0 Å². The first-order valence-corrected chi connectivity index (χ1v) is 6.34. The highest BCUT2D eigenvalue weighted by Crippen LogP contribution is 2.29. The topological polar surface area (TPSA) is 49.8 Å². The first-order valence-electron chi connectivity index (χ1n) is 5.58. The van der Waals surface area contributed by atoms with Crippen molar-refractivity contribution in [3.63, 3.8) is 0 Å². The predicted octanol–water partition coefficient (Wildman–Crippen LogP) is 4.10. The Morgan fingerprint density at radius 1 is 1.26 bits per heavy atom. The number of aromatic nitrogens is 2. The molecule has 2 aromatic rings. The lowest BCUT2D eigenvalue weighted by molar-refractivity contribution is 0.628. The van der Waals surface area contributed by atoms with Gasteiger partial charge < -0.3 is 10.6 Å². The second kappa shape index (κ2) is 6.04. The molecule has 0 amide bonds. The molecule has 0 unspecified atom stereocenters. The van der Waals surface area contributed by atoms with E-state index >= 15 is 0 Å². The Kier molecular flexibility index (Phi) is 4.39. The van der Waals surface area contributed by atoms with E-state index in [1.54, 1.807) is 0 Å². The molecule has 100 valence electrons. The number of hydrogen-bond donors (Lipinski definition) is 2. The van der Waals surface area contributed by atoms with Crippen molar-refractivity contribution in [3.8, 4) is 0 Å². The predicted molar refractivity (Wildman–Crippen MR) is 75.9 cm³/mol. The van der Waals surface area contributed by atoms with E-state index in [0.29, 0.717) is 34.0 Å². The molecular formula is C12H11Cl2FN4. The molecule has 4 nitrogen and oxygen atoms in total. The summed E-state index contributed by atoms with van der Waals surface area (Å²) < 4.78 is 13.2. The van der Waals surface area contributed by atoms with Crippen molar-refractivity contribution in [3.05, 3.63) is 40.3 Å². The first-order chi connectivity index (χ1) is 9.10. The van der Waals surface area contributed by atoms with E-state index in [4.69, 9.17) is 23.2 Å². The largest absolute Gasteiger partial charge is 0.354 e. The molecule has 19 heavy (non-hydrogen) atoms. The maximum atomic E-state index is 13.2. The lowest BCUT2D eigenvalue weighted by Crippen LogP contribution is -2.04. The van der Waals surface area contributed by atoms with Gasteiger partial charge in [0, 0.05) is 6.54 Å². The van der Waals surface area contributed by atoms with Crippen LogP contribution in [0, 0.1) is 5.82 Å². The number of nitrogens with one attached hydrogen (secondary N) is 2. The molecule has 0 radical (unpaired) electrons. The van der Waals surface area contributed by atoms with Crippen molar-refractivity contribution in [1.82, 2.24) is 9.97 Å². The van der Waals surface area contributed by atoms with Crippen molar-refractivity contribution in [1.29, 1.82) is 0 Å². The summed E-state index contributed by atoms with van der Waals surface area (Å²) in [4.78, 5) is 8.19. The standard InChI is InChI=1S/C12H11Cl2FN4/c1-2-16-12-17-6-9(14)11(19-12)18-10-5-7(15)3-4-8(10)13/h3-6H,2H2,1H3,(H2,16,17,18,19). The van der Waals surface area contributed by atoms with Gasteiger partial charge in [0.05, 0.1) is 16.9 Å². The second-order valence-electron chi connectivity index (χ2n) is 3.67. The smallest absolute Gasteiger partial charge is 0.224 e. The number of halogens is 3. The summed E-state index contributed by atoms with van der Waals surface area (Å²) in [6, 6.07) is 4.01. The molecule has 0 atom stereocenters. The fourth-order valence-electron chi connectivity index (χ4n) is 1.42. The highest BCUT2D eigenvalue weighted by Gasteiger charge is 2.08. The summed E-state index contributed by atoms with van der Waals surface area (Å²) in [5, 5.41) is 6.54. The molecule has 0 saturated carbocycles. The summed E-state index contributed by atoms with van der Waals surface area (Å²) in [7, 11) is 0. The molecule has 0 saturated heterocycles. The Morgan fingerprint density at radius 3 is 2.79 bits per heavy atom. The molecular weight excluding hydrogens is 290 g/mol. The van der Waals surface area contributed by atoms with Crippen molar-refractivity contribution >= 4 is 40.7 Å². The lowest BCUT2D eigenvalue weighted by atomic mass is 10.3. The van der Waals surface area contributed by atoms with E-state index in [-0.39, 0.29) is 0 Å². The third-order valence-corrected chi connectivity index (χ3v) is 2.87. The van der Waals surface area contributed by atoms with E-state index in [2.05, 4.69) is 20.6 Å². The third-order valence-electron chi connectivity index (χ3n) is 2.26. The van der Waals surface area contributed by atoms with Gasteiger partial charge in [-0.1, -0.05) is 23.2 Å². The summed E-state index contributed by atoms with van der Waals surface area (Å²) >= 11 is 12.0. The van der Waals surface area contributed by atoms with Gasteiger partial charge in [0.2, 0.25) is 5.95 Å². The number of rotatable bonds is 4. The summed E-state index contributed by atoms with van der Waals surface area (Å²) in [6.45, 7) is 2.61. The molecule has 1 heterocycles. The van der Waals surface area contributed by atoms with Crippen LogP contribution < -0.4 is 10.6 Å². The lowest BCUT2D eigenvalue weighted by Gasteiger charge is -2.10. The highest BCUT2D eigenvalue weighted by molar-refractivity contribution is 6.34. The SMILES string of the molecule is CCNc1ncc(Cl)c(Nc2cc(F)ccc2Cl)n1. The minimum absolute atomic E-state index is 0.321. The van der Waals surface area contributed by atoms with Gasteiger partial charge in [-0.15, -0.1) is 0 Å². The molecule has 1 aromatic heterocycles. The molecule has 2 rings (SSSR count). The van der Waals surface area contributed by atoms with E-state index in [9.17, 15) is 4.39 Å². The fourth-order valence-corrected chi connectivity index (χ4v) is 1.72. The zero-order valence-corrected chi connectivity index (χ0v) is 11.6. The zero-order chi connectivity index (χ0) is 13.8. The Labute approximate surface area is 120 Å². The van der Waals surface area contributed by atoms with E-state index in [0.717, 1.165) is 0 Å². The average molecular weight is 301 g/mol. The molecule has 0 aliphatic rings. The van der Waals surface area contributed by atoms with Crippen molar-refractivity contribution in [2.75, 3.05) is 17.2 Å².